The van der Waals surface area contributed by atoms with Gasteiger partial charge in [0, 0.05) is 40.0 Å². The standard InChI is InChI=1S/C44H84N2O2/c1-5-7-9-11-13-15-17-19-21-23-25-27-29-31-35-39-43(47)45(3)41-37-33-34-38-42-46(4)44(48)40-36-32-30-28-26-24-22-20-18-16-14-12-10-8-6-2/h19-22H,5-18,23-42H2,1-4H3/b21-19-,22-20-. The topological polar surface area (TPSA) is 40.6 Å². The fourth-order valence-electron chi connectivity index (χ4n) is 6.38. The summed E-state index contributed by atoms with van der Waals surface area (Å²) in [6.45, 7) is 6.26. The molecule has 0 aromatic carbocycles. The molecule has 0 aliphatic heterocycles. The van der Waals surface area contributed by atoms with Crippen LogP contribution in [0.1, 0.15) is 219 Å². The van der Waals surface area contributed by atoms with E-state index in [4.69, 9.17) is 0 Å². The summed E-state index contributed by atoms with van der Waals surface area (Å²) in [5.41, 5.74) is 0. The second kappa shape index (κ2) is 38.2. The van der Waals surface area contributed by atoms with Gasteiger partial charge in [-0.15, -0.1) is 0 Å². The highest BCUT2D eigenvalue weighted by atomic mass is 16.2. The third-order valence-electron chi connectivity index (χ3n) is 9.89. The van der Waals surface area contributed by atoms with Crippen LogP contribution in [0.3, 0.4) is 0 Å². The van der Waals surface area contributed by atoms with E-state index in [2.05, 4.69) is 38.2 Å². The molecule has 0 aromatic rings. The van der Waals surface area contributed by atoms with Gasteiger partial charge in [-0.1, -0.05) is 154 Å². The van der Waals surface area contributed by atoms with Crippen LogP contribution in [0.4, 0.5) is 0 Å². The predicted octanol–water partition coefficient (Wildman–Crippen LogP) is 13.5. The second-order valence-corrected chi connectivity index (χ2v) is 14.7. The quantitative estimate of drug-likeness (QED) is 0.0487. The molecule has 0 aliphatic rings. The average Bonchev–Trinajstić information content (AvgIpc) is 3.09. The summed E-state index contributed by atoms with van der Waals surface area (Å²) in [6, 6.07) is 0. The zero-order chi connectivity index (χ0) is 35.2. The van der Waals surface area contributed by atoms with Crippen LogP contribution in [-0.4, -0.2) is 48.8 Å². The number of hydrogen-bond donors (Lipinski definition) is 0. The van der Waals surface area contributed by atoms with Crippen molar-refractivity contribution in [1.29, 1.82) is 0 Å². The number of carbonyl (C=O) groups excluding carboxylic acids is 2. The van der Waals surface area contributed by atoms with Crippen LogP contribution in [0.25, 0.3) is 0 Å². The lowest BCUT2D eigenvalue weighted by atomic mass is 10.1. The van der Waals surface area contributed by atoms with Crippen molar-refractivity contribution in [2.45, 2.75) is 219 Å². The van der Waals surface area contributed by atoms with Crippen molar-refractivity contribution in [1.82, 2.24) is 9.80 Å². The average molecular weight is 673 g/mol. The first-order valence-electron chi connectivity index (χ1n) is 21.3. The molecule has 4 heteroatoms. The smallest absolute Gasteiger partial charge is 0.222 e. The Bertz CT molecular complexity index is 684. The van der Waals surface area contributed by atoms with Gasteiger partial charge in [-0.2, -0.15) is 0 Å². The van der Waals surface area contributed by atoms with Crippen molar-refractivity contribution >= 4 is 11.8 Å². The van der Waals surface area contributed by atoms with Gasteiger partial charge in [-0.05, 0) is 77.0 Å². The summed E-state index contributed by atoms with van der Waals surface area (Å²) < 4.78 is 0. The summed E-state index contributed by atoms with van der Waals surface area (Å²) in [5, 5.41) is 0. The number of nitrogens with zero attached hydrogens (tertiary/aromatic N) is 2. The third-order valence-corrected chi connectivity index (χ3v) is 9.89. The van der Waals surface area contributed by atoms with Crippen LogP contribution in [0.2, 0.25) is 0 Å². The van der Waals surface area contributed by atoms with E-state index in [0.717, 1.165) is 51.6 Å². The predicted molar refractivity (Wildman–Crippen MR) is 213 cm³/mol. The number of unbranched alkanes of at least 4 members (excludes halogenated alkanes) is 25. The van der Waals surface area contributed by atoms with Gasteiger partial charge >= 0.3 is 0 Å². The molecular formula is C44H84N2O2. The number of carbonyl (C=O) groups is 2. The Morgan fingerprint density at radius 3 is 0.917 bits per heavy atom. The zero-order valence-electron chi connectivity index (χ0n) is 33.1. The van der Waals surface area contributed by atoms with Gasteiger partial charge in [0.2, 0.25) is 11.8 Å². The molecule has 0 aromatic heterocycles. The SMILES string of the molecule is CCCCCCCC/C=C\CCCCCCCC(=O)N(C)CCCCCCN(C)C(=O)CCCCCCC/C=C\CCCCCCCC. The van der Waals surface area contributed by atoms with Crippen molar-refractivity contribution in [3.63, 3.8) is 0 Å². The lowest BCUT2D eigenvalue weighted by molar-refractivity contribution is -0.131. The third kappa shape index (κ3) is 34.3. The Labute approximate surface area is 301 Å². The van der Waals surface area contributed by atoms with Crippen molar-refractivity contribution in [2.75, 3.05) is 27.2 Å². The van der Waals surface area contributed by atoms with Crippen LogP contribution < -0.4 is 0 Å². The fraction of sp³-hybridized carbons (Fsp3) is 0.864. The van der Waals surface area contributed by atoms with Crippen molar-refractivity contribution in [2.24, 2.45) is 0 Å². The molecule has 4 nitrogen and oxygen atoms in total. The van der Waals surface area contributed by atoms with E-state index in [1.165, 1.54) is 154 Å². The number of hydrogen-bond acceptors (Lipinski definition) is 2. The largest absolute Gasteiger partial charge is 0.346 e. The summed E-state index contributed by atoms with van der Waals surface area (Å²) >= 11 is 0. The Kier molecular flexibility index (Phi) is 37.0. The Hall–Kier alpha value is -1.58. The van der Waals surface area contributed by atoms with Crippen LogP contribution in [0.15, 0.2) is 24.3 Å². The van der Waals surface area contributed by atoms with Crippen molar-refractivity contribution < 1.29 is 9.59 Å². The highest BCUT2D eigenvalue weighted by molar-refractivity contribution is 5.76. The fourth-order valence-corrected chi connectivity index (χ4v) is 6.38. The van der Waals surface area contributed by atoms with Crippen LogP contribution in [-0.2, 0) is 9.59 Å². The number of allylic oxidation sites excluding steroid dienone is 4. The van der Waals surface area contributed by atoms with Gasteiger partial charge in [0.05, 0.1) is 0 Å². The molecule has 0 N–H and O–H groups in total. The molecule has 0 bridgehead atoms. The van der Waals surface area contributed by atoms with Gasteiger partial charge in [-0.25, -0.2) is 0 Å². The highest BCUT2D eigenvalue weighted by Crippen LogP contribution is 2.13. The number of rotatable bonds is 37. The van der Waals surface area contributed by atoms with E-state index in [1.54, 1.807) is 0 Å². The first kappa shape index (κ1) is 46.4. The van der Waals surface area contributed by atoms with E-state index in [0.29, 0.717) is 24.7 Å². The number of amides is 2. The van der Waals surface area contributed by atoms with Crippen molar-refractivity contribution in [3.8, 4) is 0 Å². The second-order valence-electron chi connectivity index (χ2n) is 14.7. The first-order chi connectivity index (χ1) is 23.5. The van der Waals surface area contributed by atoms with E-state index < -0.39 is 0 Å². The summed E-state index contributed by atoms with van der Waals surface area (Å²) in [6.07, 6.45) is 48.7. The normalized spacial score (nSPS) is 11.7. The summed E-state index contributed by atoms with van der Waals surface area (Å²) in [5.74, 6) is 0.599. The first-order valence-corrected chi connectivity index (χ1v) is 21.3. The van der Waals surface area contributed by atoms with E-state index in [-0.39, 0.29) is 0 Å². The molecule has 0 heterocycles. The maximum absolute atomic E-state index is 12.5. The van der Waals surface area contributed by atoms with Gasteiger partial charge in [-0.3, -0.25) is 9.59 Å². The van der Waals surface area contributed by atoms with Crippen LogP contribution in [0, 0.1) is 0 Å². The molecule has 48 heavy (non-hydrogen) atoms. The molecule has 0 saturated heterocycles. The lowest BCUT2D eigenvalue weighted by Crippen LogP contribution is -2.28. The van der Waals surface area contributed by atoms with Gasteiger partial charge in [0.15, 0.2) is 0 Å². The molecule has 0 saturated carbocycles. The molecule has 0 fully saturated rings. The van der Waals surface area contributed by atoms with Gasteiger partial charge in [0.25, 0.3) is 0 Å². The minimum Gasteiger partial charge on any atom is -0.346 e. The Balaban J connectivity index is 3.52. The Morgan fingerprint density at radius 2 is 0.604 bits per heavy atom. The van der Waals surface area contributed by atoms with Crippen LogP contribution in [0.5, 0.6) is 0 Å². The monoisotopic (exact) mass is 673 g/mol. The van der Waals surface area contributed by atoms with Gasteiger partial charge < -0.3 is 9.80 Å². The van der Waals surface area contributed by atoms with E-state index in [9.17, 15) is 9.59 Å². The molecule has 0 aliphatic carbocycles. The van der Waals surface area contributed by atoms with E-state index in [1.807, 2.05) is 23.9 Å². The summed E-state index contributed by atoms with van der Waals surface area (Å²) in [4.78, 5) is 28.8. The molecule has 0 atom stereocenters. The summed E-state index contributed by atoms with van der Waals surface area (Å²) in [7, 11) is 3.92. The maximum Gasteiger partial charge on any atom is 0.222 e. The lowest BCUT2D eigenvalue weighted by Gasteiger charge is -2.18. The molecule has 2 amide bonds. The maximum atomic E-state index is 12.5. The molecule has 0 unspecified atom stereocenters. The van der Waals surface area contributed by atoms with Gasteiger partial charge in [0.1, 0.15) is 0 Å². The Morgan fingerprint density at radius 1 is 0.354 bits per heavy atom. The molecular weight excluding hydrogens is 588 g/mol. The zero-order valence-corrected chi connectivity index (χ0v) is 33.1. The minimum absolute atomic E-state index is 0.300. The molecule has 0 rings (SSSR count). The molecule has 0 spiro atoms. The van der Waals surface area contributed by atoms with Crippen LogP contribution >= 0.6 is 0 Å². The van der Waals surface area contributed by atoms with Crippen molar-refractivity contribution in [3.05, 3.63) is 24.3 Å². The molecule has 0 radical (unpaired) electrons. The van der Waals surface area contributed by atoms with E-state index >= 15 is 0 Å². The molecule has 282 valence electrons. The minimum atomic E-state index is 0.300. The highest BCUT2D eigenvalue weighted by Gasteiger charge is 2.09.